The molecule has 25 heavy (non-hydrogen) atoms. The summed E-state index contributed by atoms with van der Waals surface area (Å²) in [4.78, 5) is 0. The average Bonchev–Trinajstić information content (AvgIpc) is 2.88. The van der Waals surface area contributed by atoms with Crippen LogP contribution in [0.25, 0.3) is 0 Å². The van der Waals surface area contributed by atoms with Gasteiger partial charge in [0.2, 0.25) is 11.2 Å². The first-order valence-electron chi connectivity index (χ1n) is 8.13. The van der Waals surface area contributed by atoms with E-state index in [0.717, 1.165) is 18.2 Å². The summed E-state index contributed by atoms with van der Waals surface area (Å²) in [7, 11) is 1.66. The van der Waals surface area contributed by atoms with Crippen LogP contribution >= 0.6 is 0 Å². The molecule has 2 aromatic carbocycles. The number of methoxy groups -OCH3 is 1. The number of nitrogens with zero attached hydrogens (tertiary/aromatic N) is 2. The van der Waals surface area contributed by atoms with Crippen LogP contribution < -0.4 is 8.61 Å². The van der Waals surface area contributed by atoms with Crippen LogP contribution in [0, 0.1) is 11.6 Å². The lowest BCUT2D eigenvalue weighted by molar-refractivity contribution is 0.0945. The molecule has 0 bridgehead atoms. The molecular weight excluding hydrogens is 346 g/mol. The van der Waals surface area contributed by atoms with E-state index in [1.807, 2.05) is 19.1 Å². The Hall–Kier alpha value is -1.99. The Kier molecular flexibility index (Phi) is 5.34. The Morgan fingerprint density at radius 3 is 2.48 bits per heavy atom. The lowest BCUT2D eigenvalue weighted by Gasteiger charge is -2.22. The van der Waals surface area contributed by atoms with Crippen LogP contribution in [0.15, 0.2) is 42.5 Å². The number of fused-ring (bicyclic) bond motifs is 1. The number of benzene rings is 2. The van der Waals surface area contributed by atoms with Crippen molar-refractivity contribution < 1.29 is 17.7 Å². The van der Waals surface area contributed by atoms with Gasteiger partial charge in [-0.05, 0) is 37.1 Å². The van der Waals surface area contributed by atoms with Gasteiger partial charge in [0.1, 0.15) is 5.82 Å². The monoisotopic (exact) mass is 366 g/mol. The minimum Gasteiger partial charge on any atom is -0.381 e. The Balaban J connectivity index is 1.95. The summed E-state index contributed by atoms with van der Waals surface area (Å²) in [5, 5.41) is 0. The molecule has 0 saturated carbocycles. The lowest BCUT2D eigenvalue weighted by atomic mass is 10.2. The number of hydrogen-bond donors (Lipinski definition) is 0. The van der Waals surface area contributed by atoms with Gasteiger partial charge in [-0.1, -0.05) is 19.1 Å². The highest BCUT2D eigenvalue weighted by Crippen LogP contribution is 2.44. The number of ether oxygens (including phenoxy) is 1. The maximum Gasteiger partial charge on any atom is 0.230 e. The summed E-state index contributed by atoms with van der Waals surface area (Å²) >= 11 is -1.63. The summed E-state index contributed by atoms with van der Waals surface area (Å²) in [6.07, 6.45) is 1.63. The van der Waals surface area contributed by atoms with Crippen LogP contribution in [0.3, 0.4) is 0 Å². The van der Waals surface area contributed by atoms with Gasteiger partial charge in [0, 0.05) is 19.7 Å². The van der Waals surface area contributed by atoms with Crippen molar-refractivity contribution >= 4 is 28.2 Å². The van der Waals surface area contributed by atoms with Gasteiger partial charge in [0.25, 0.3) is 0 Å². The second-order valence-electron chi connectivity index (χ2n) is 5.77. The zero-order valence-corrected chi connectivity index (χ0v) is 14.9. The molecule has 3 rings (SSSR count). The van der Waals surface area contributed by atoms with Gasteiger partial charge in [0.15, 0.2) is 5.82 Å². The molecule has 0 radical (unpaired) electrons. The summed E-state index contributed by atoms with van der Waals surface area (Å²) in [6, 6.07) is 10.6. The van der Waals surface area contributed by atoms with Gasteiger partial charge in [-0.2, -0.15) is 0 Å². The van der Waals surface area contributed by atoms with Crippen molar-refractivity contribution in [1.82, 2.24) is 0 Å². The molecule has 1 aliphatic heterocycles. The molecule has 0 saturated heterocycles. The minimum absolute atomic E-state index is 0.0702. The number of rotatable bonds is 6. The van der Waals surface area contributed by atoms with Gasteiger partial charge in [-0.3, -0.25) is 4.31 Å². The van der Waals surface area contributed by atoms with Gasteiger partial charge in [0.05, 0.1) is 23.2 Å². The van der Waals surface area contributed by atoms with E-state index in [-0.39, 0.29) is 11.8 Å². The second-order valence-corrected chi connectivity index (χ2v) is 7.03. The van der Waals surface area contributed by atoms with Crippen molar-refractivity contribution in [1.29, 1.82) is 0 Å². The number of para-hydroxylation sites is 2. The van der Waals surface area contributed by atoms with E-state index in [1.165, 1.54) is 16.4 Å². The zero-order chi connectivity index (χ0) is 18.0. The van der Waals surface area contributed by atoms with Gasteiger partial charge in [-0.25, -0.2) is 17.3 Å². The highest BCUT2D eigenvalue weighted by Gasteiger charge is 2.35. The Morgan fingerprint density at radius 2 is 1.84 bits per heavy atom. The molecule has 4 nitrogen and oxygen atoms in total. The number of halogens is 2. The van der Waals surface area contributed by atoms with Crippen LogP contribution in [0.2, 0.25) is 0 Å². The van der Waals surface area contributed by atoms with Crippen molar-refractivity contribution in [3.8, 4) is 0 Å². The molecule has 2 unspecified atom stereocenters. The normalized spacial score (nSPS) is 17.7. The smallest absolute Gasteiger partial charge is 0.230 e. The molecule has 0 aliphatic carbocycles. The van der Waals surface area contributed by atoms with Crippen LogP contribution in [-0.2, 0) is 15.9 Å². The third kappa shape index (κ3) is 3.39. The van der Waals surface area contributed by atoms with E-state index >= 15 is 0 Å². The fourth-order valence-corrected chi connectivity index (χ4v) is 4.34. The van der Waals surface area contributed by atoms with Crippen LogP contribution in [-0.4, -0.2) is 24.0 Å². The minimum atomic E-state index is -1.63. The first-order chi connectivity index (χ1) is 12.1. The number of hydrogen-bond acceptors (Lipinski definition) is 2. The summed E-state index contributed by atoms with van der Waals surface area (Å²) in [5.41, 5.74) is 1.49. The molecule has 2 atom stereocenters. The lowest BCUT2D eigenvalue weighted by Crippen LogP contribution is -2.32. The SMILES string of the molecule is CCC(CCN1c2ccccc2N(c2ccc(F)cc2F)S1=O)OC. The van der Waals surface area contributed by atoms with Crippen LogP contribution in [0.5, 0.6) is 0 Å². The summed E-state index contributed by atoms with van der Waals surface area (Å²) < 4.78 is 49.1. The molecule has 7 heteroatoms. The van der Waals surface area contributed by atoms with Crippen LogP contribution in [0.4, 0.5) is 25.8 Å². The molecule has 134 valence electrons. The summed E-state index contributed by atoms with van der Waals surface area (Å²) in [6.45, 7) is 2.54. The molecule has 0 N–H and O–H groups in total. The largest absolute Gasteiger partial charge is 0.381 e. The first-order valence-corrected chi connectivity index (χ1v) is 9.19. The Morgan fingerprint density at radius 1 is 1.12 bits per heavy atom. The van der Waals surface area contributed by atoms with Gasteiger partial charge >= 0.3 is 0 Å². The van der Waals surface area contributed by atoms with E-state index in [0.29, 0.717) is 18.7 Å². The number of anilines is 3. The molecular formula is C18H20F2N2O2S. The summed E-state index contributed by atoms with van der Waals surface area (Å²) in [5.74, 6) is -1.41. The van der Waals surface area contributed by atoms with E-state index in [2.05, 4.69) is 0 Å². The maximum absolute atomic E-state index is 14.3. The van der Waals surface area contributed by atoms with E-state index in [9.17, 15) is 13.0 Å². The topological polar surface area (TPSA) is 32.8 Å². The first kappa shape index (κ1) is 17.8. The third-order valence-corrected chi connectivity index (χ3v) is 5.75. The molecule has 1 aliphatic rings. The van der Waals surface area contributed by atoms with Gasteiger partial charge < -0.3 is 4.74 Å². The molecule has 0 spiro atoms. The predicted octanol–water partition coefficient (Wildman–Crippen LogP) is 4.32. The fourth-order valence-electron chi connectivity index (χ4n) is 2.92. The quantitative estimate of drug-likeness (QED) is 0.763. The average molecular weight is 366 g/mol. The standard InChI is InChI=1S/C18H20F2N2O2S/c1-3-14(24-2)10-11-21-17-6-4-5-7-18(17)22(25(21)23)16-9-8-13(19)12-15(16)20/h4-9,12,14H,3,10-11H2,1-2H3. The maximum atomic E-state index is 14.3. The predicted molar refractivity (Wildman–Crippen MR) is 96.1 cm³/mol. The molecule has 2 aromatic rings. The van der Waals surface area contributed by atoms with Crippen molar-refractivity contribution in [2.75, 3.05) is 22.3 Å². The molecule has 1 heterocycles. The third-order valence-electron chi connectivity index (χ3n) is 4.29. The van der Waals surface area contributed by atoms with Crippen molar-refractivity contribution in [3.05, 3.63) is 54.1 Å². The van der Waals surface area contributed by atoms with E-state index < -0.39 is 22.8 Å². The van der Waals surface area contributed by atoms with Gasteiger partial charge in [-0.15, -0.1) is 0 Å². The van der Waals surface area contributed by atoms with E-state index in [4.69, 9.17) is 4.74 Å². The Labute approximate surface area is 148 Å². The molecule has 0 fully saturated rings. The second kappa shape index (κ2) is 7.49. The van der Waals surface area contributed by atoms with Crippen LogP contribution in [0.1, 0.15) is 19.8 Å². The zero-order valence-electron chi connectivity index (χ0n) is 14.1. The fraction of sp³-hybridized carbons (Fsp3) is 0.333. The molecule has 0 amide bonds. The van der Waals surface area contributed by atoms with Crippen molar-refractivity contribution in [2.24, 2.45) is 0 Å². The van der Waals surface area contributed by atoms with E-state index in [1.54, 1.807) is 23.5 Å². The highest BCUT2D eigenvalue weighted by molar-refractivity contribution is 7.88. The highest BCUT2D eigenvalue weighted by atomic mass is 32.2. The van der Waals surface area contributed by atoms with Crippen molar-refractivity contribution in [3.63, 3.8) is 0 Å². The molecule has 0 aromatic heterocycles. The Bertz CT molecular complexity index is 783. The van der Waals surface area contributed by atoms with Crippen molar-refractivity contribution in [2.45, 2.75) is 25.9 Å².